The summed E-state index contributed by atoms with van der Waals surface area (Å²) < 4.78 is 5.49. The van der Waals surface area contributed by atoms with Crippen molar-refractivity contribution in [3.8, 4) is 5.75 Å². The van der Waals surface area contributed by atoms with E-state index in [0.29, 0.717) is 6.61 Å². The Morgan fingerprint density at radius 1 is 1.11 bits per heavy atom. The Kier molecular flexibility index (Phi) is 5.34. The average Bonchev–Trinajstić information content (AvgIpc) is 2.47. The van der Waals surface area contributed by atoms with Crippen molar-refractivity contribution < 1.29 is 9.84 Å². The largest absolute Gasteiger partial charge is 0.491 e. The molecule has 2 N–H and O–H groups in total. The van der Waals surface area contributed by atoms with Gasteiger partial charge in [-0.1, -0.05) is 24.3 Å². The number of nitrogens with zero attached hydrogens (tertiary/aromatic N) is 1. The number of aliphatic hydroxyl groups is 1. The fraction of sp³-hybridized carbons (Fsp3) is 0.267. The Labute approximate surface area is 113 Å². The van der Waals surface area contributed by atoms with Crippen molar-refractivity contribution in [2.75, 3.05) is 13.2 Å². The number of hydrogen-bond acceptors (Lipinski definition) is 4. The summed E-state index contributed by atoms with van der Waals surface area (Å²) in [6.45, 7) is 1.83. The second kappa shape index (κ2) is 7.51. The molecule has 0 aliphatic heterocycles. The number of hydrogen-bond donors (Lipinski definition) is 2. The van der Waals surface area contributed by atoms with Crippen LogP contribution in [0.5, 0.6) is 5.75 Å². The standard InChI is InChI=1S/C15H18N2O2/c18-8-9-19-15-6-2-1-5-14(15)12-17-11-13-4-3-7-16-10-13/h1-7,10,17-18H,8-9,11-12H2. The van der Waals surface area contributed by atoms with E-state index in [9.17, 15) is 0 Å². The molecule has 4 nitrogen and oxygen atoms in total. The minimum absolute atomic E-state index is 0.0252. The molecule has 0 bridgehead atoms. The quantitative estimate of drug-likeness (QED) is 0.794. The first-order valence-electron chi connectivity index (χ1n) is 6.31. The molecule has 0 aliphatic rings. The summed E-state index contributed by atoms with van der Waals surface area (Å²) in [7, 11) is 0. The summed E-state index contributed by atoms with van der Waals surface area (Å²) in [5.74, 6) is 0.815. The van der Waals surface area contributed by atoms with E-state index in [2.05, 4.69) is 10.3 Å². The smallest absolute Gasteiger partial charge is 0.123 e. The fourth-order valence-electron chi connectivity index (χ4n) is 1.79. The van der Waals surface area contributed by atoms with E-state index in [1.165, 1.54) is 0 Å². The van der Waals surface area contributed by atoms with Crippen molar-refractivity contribution in [3.05, 3.63) is 59.9 Å². The topological polar surface area (TPSA) is 54.4 Å². The second-order valence-electron chi connectivity index (χ2n) is 4.14. The highest BCUT2D eigenvalue weighted by molar-refractivity contribution is 5.33. The monoisotopic (exact) mass is 258 g/mol. The molecule has 4 heteroatoms. The predicted octanol–water partition coefficient (Wildman–Crippen LogP) is 1.74. The first-order valence-corrected chi connectivity index (χ1v) is 6.31. The molecular formula is C15H18N2O2. The Morgan fingerprint density at radius 3 is 2.79 bits per heavy atom. The molecule has 19 heavy (non-hydrogen) atoms. The van der Waals surface area contributed by atoms with Gasteiger partial charge in [0.25, 0.3) is 0 Å². The van der Waals surface area contributed by atoms with Crippen molar-refractivity contribution in [2.24, 2.45) is 0 Å². The van der Waals surface area contributed by atoms with Gasteiger partial charge in [-0.2, -0.15) is 0 Å². The highest BCUT2D eigenvalue weighted by Crippen LogP contribution is 2.17. The molecular weight excluding hydrogens is 240 g/mol. The predicted molar refractivity (Wildman–Crippen MR) is 73.8 cm³/mol. The number of pyridine rings is 1. The van der Waals surface area contributed by atoms with Gasteiger partial charge in [0.15, 0.2) is 0 Å². The molecule has 0 saturated heterocycles. The van der Waals surface area contributed by atoms with Gasteiger partial charge in [0, 0.05) is 31.0 Å². The summed E-state index contributed by atoms with van der Waals surface area (Å²) in [5.41, 5.74) is 2.23. The third kappa shape index (κ3) is 4.35. The molecule has 0 spiro atoms. The third-order valence-corrected chi connectivity index (χ3v) is 2.69. The molecule has 100 valence electrons. The van der Waals surface area contributed by atoms with Gasteiger partial charge in [-0.3, -0.25) is 4.98 Å². The fourth-order valence-corrected chi connectivity index (χ4v) is 1.79. The molecule has 0 radical (unpaired) electrons. The Balaban J connectivity index is 1.88. The minimum atomic E-state index is 0.0252. The third-order valence-electron chi connectivity index (χ3n) is 2.69. The normalized spacial score (nSPS) is 10.4. The lowest BCUT2D eigenvalue weighted by Gasteiger charge is -2.11. The van der Waals surface area contributed by atoms with E-state index in [0.717, 1.165) is 30.0 Å². The van der Waals surface area contributed by atoms with Gasteiger partial charge in [-0.15, -0.1) is 0 Å². The summed E-state index contributed by atoms with van der Waals surface area (Å²) in [6.07, 6.45) is 3.61. The summed E-state index contributed by atoms with van der Waals surface area (Å²) in [5, 5.41) is 12.1. The maximum Gasteiger partial charge on any atom is 0.123 e. The van der Waals surface area contributed by atoms with Crippen molar-refractivity contribution in [2.45, 2.75) is 13.1 Å². The zero-order valence-electron chi connectivity index (χ0n) is 10.7. The van der Waals surface area contributed by atoms with Crippen LogP contribution in [0.2, 0.25) is 0 Å². The van der Waals surface area contributed by atoms with Gasteiger partial charge in [-0.05, 0) is 17.7 Å². The minimum Gasteiger partial charge on any atom is -0.491 e. The number of aliphatic hydroxyl groups excluding tert-OH is 1. The summed E-state index contributed by atoms with van der Waals surface area (Å²) >= 11 is 0. The zero-order valence-corrected chi connectivity index (χ0v) is 10.7. The van der Waals surface area contributed by atoms with E-state index >= 15 is 0 Å². The van der Waals surface area contributed by atoms with E-state index in [1.54, 1.807) is 6.20 Å². The van der Waals surface area contributed by atoms with Crippen LogP contribution in [0.1, 0.15) is 11.1 Å². The second-order valence-corrected chi connectivity index (χ2v) is 4.14. The molecule has 0 atom stereocenters. The molecule has 2 aromatic rings. The summed E-state index contributed by atoms with van der Waals surface area (Å²) in [4.78, 5) is 4.08. The first-order chi connectivity index (χ1) is 9.40. The summed E-state index contributed by atoms with van der Waals surface area (Å²) in [6, 6.07) is 11.8. The highest BCUT2D eigenvalue weighted by atomic mass is 16.5. The number of ether oxygens (including phenoxy) is 1. The van der Waals surface area contributed by atoms with Crippen LogP contribution in [-0.4, -0.2) is 23.3 Å². The van der Waals surface area contributed by atoms with Crippen LogP contribution < -0.4 is 10.1 Å². The lowest BCUT2D eigenvalue weighted by molar-refractivity contribution is 0.200. The number of benzene rings is 1. The van der Waals surface area contributed by atoms with Gasteiger partial charge >= 0.3 is 0 Å². The van der Waals surface area contributed by atoms with Gasteiger partial charge in [-0.25, -0.2) is 0 Å². The van der Waals surface area contributed by atoms with Crippen LogP contribution in [0, 0.1) is 0 Å². The average molecular weight is 258 g/mol. The lowest BCUT2D eigenvalue weighted by atomic mass is 10.2. The van der Waals surface area contributed by atoms with Crippen molar-refractivity contribution in [1.29, 1.82) is 0 Å². The molecule has 0 saturated carbocycles. The van der Waals surface area contributed by atoms with Crippen LogP contribution in [0.25, 0.3) is 0 Å². The maximum absolute atomic E-state index is 8.80. The number of aromatic nitrogens is 1. The SMILES string of the molecule is OCCOc1ccccc1CNCc1cccnc1. The molecule has 0 aliphatic carbocycles. The van der Waals surface area contributed by atoms with Crippen LogP contribution in [0.15, 0.2) is 48.8 Å². The van der Waals surface area contributed by atoms with E-state index in [1.807, 2.05) is 42.6 Å². The maximum atomic E-state index is 8.80. The van der Waals surface area contributed by atoms with Crippen molar-refractivity contribution in [3.63, 3.8) is 0 Å². The Morgan fingerprint density at radius 2 is 2.00 bits per heavy atom. The van der Waals surface area contributed by atoms with E-state index in [4.69, 9.17) is 9.84 Å². The van der Waals surface area contributed by atoms with E-state index < -0.39 is 0 Å². The highest BCUT2D eigenvalue weighted by Gasteiger charge is 2.02. The molecule has 1 aromatic carbocycles. The zero-order chi connectivity index (χ0) is 13.3. The number of nitrogens with one attached hydrogen (secondary N) is 1. The van der Waals surface area contributed by atoms with Crippen LogP contribution in [-0.2, 0) is 13.1 Å². The Bertz CT molecular complexity index is 489. The number of rotatable bonds is 7. The molecule has 1 aromatic heterocycles. The van der Waals surface area contributed by atoms with Crippen LogP contribution in [0.3, 0.4) is 0 Å². The lowest BCUT2D eigenvalue weighted by Crippen LogP contribution is -2.14. The van der Waals surface area contributed by atoms with Crippen molar-refractivity contribution in [1.82, 2.24) is 10.3 Å². The first kappa shape index (κ1) is 13.5. The molecule has 2 rings (SSSR count). The molecule has 0 unspecified atom stereocenters. The van der Waals surface area contributed by atoms with Crippen LogP contribution >= 0.6 is 0 Å². The van der Waals surface area contributed by atoms with Gasteiger partial charge in [0.05, 0.1) is 6.61 Å². The van der Waals surface area contributed by atoms with Crippen molar-refractivity contribution >= 4 is 0 Å². The van der Waals surface area contributed by atoms with E-state index in [-0.39, 0.29) is 6.61 Å². The molecule has 1 heterocycles. The molecule has 0 amide bonds. The number of para-hydroxylation sites is 1. The van der Waals surface area contributed by atoms with Gasteiger partial charge in [0.2, 0.25) is 0 Å². The van der Waals surface area contributed by atoms with Gasteiger partial charge in [0.1, 0.15) is 12.4 Å². The van der Waals surface area contributed by atoms with Gasteiger partial charge < -0.3 is 15.2 Å². The molecule has 0 fully saturated rings. The van der Waals surface area contributed by atoms with Crippen LogP contribution in [0.4, 0.5) is 0 Å². The Hall–Kier alpha value is -1.91.